The van der Waals surface area contributed by atoms with Crippen LogP contribution in [0.4, 0.5) is 0 Å². The maximum atomic E-state index is 11.9. The number of benzene rings is 1. The Morgan fingerprint density at radius 3 is 2.41 bits per heavy atom. The molecule has 90 valence electrons. The number of ether oxygens (including phenoxy) is 1. The first-order chi connectivity index (χ1) is 8.23. The molecule has 1 aromatic rings. The van der Waals surface area contributed by atoms with Crippen LogP contribution >= 0.6 is 0 Å². The van der Waals surface area contributed by atoms with E-state index in [1.54, 1.807) is 0 Å². The highest BCUT2D eigenvalue weighted by molar-refractivity contribution is 5.83. The Morgan fingerprint density at radius 1 is 1.18 bits per heavy atom. The monoisotopic (exact) mass is 230 g/mol. The lowest BCUT2D eigenvalue weighted by Gasteiger charge is -2.48. The van der Waals surface area contributed by atoms with E-state index in [-0.39, 0.29) is 17.5 Å². The molecule has 1 aliphatic carbocycles. The average molecular weight is 230 g/mol. The van der Waals surface area contributed by atoms with Crippen LogP contribution in [0.25, 0.3) is 0 Å². The molecule has 0 spiro atoms. The van der Waals surface area contributed by atoms with Crippen molar-refractivity contribution in [1.82, 2.24) is 0 Å². The van der Waals surface area contributed by atoms with Crippen LogP contribution in [0, 0.1) is 11.3 Å². The first-order valence-corrected chi connectivity index (χ1v) is 6.49. The Morgan fingerprint density at radius 2 is 1.82 bits per heavy atom. The molecule has 2 aliphatic rings. The lowest BCUT2D eigenvalue weighted by Crippen LogP contribution is -2.52. The lowest BCUT2D eigenvalue weighted by molar-refractivity contribution is -0.215. The zero-order chi connectivity index (χ0) is 11.9. The highest BCUT2D eigenvalue weighted by Gasteiger charge is 2.59. The highest BCUT2D eigenvalue weighted by atomic mass is 16.6. The molecule has 0 aromatic heterocycles. The highest BCUT2D eigenvalue weighted by Crippen LogP contribution is 2.56. The summed E-state index contributed by atoms with van der Waals surface area (Å²) >= 11 is 0. The summed E-state index contributed by atoms with van der Waals surface area (Å²) in [7, 11) is 0. The molecule has 1 unspecified atom stereocenters. The molecule has 1 saturated carbocycles. The number of rotatable bonds is 2. The number of carbonyl (C=O) groups is 1. The van der Waals surface area contributed by atoms with Gasteiger partial charge in [-0.25, -0.2) is 0 Å². The fourth-order valence-corrected chi connectivity index (χ4v) is 3.35. The van der Waals surface area contributed by atoms with Crippen LogP contribution in [0.1, 0.15) is 44.3 Å². The number of esters is 1. The van der Waals surface area contributed by atoms with Crippen LogP contribution in [-0.4, -0.2) is 5.97 Å². The topological polar surface area (TPSA) is 26.3 Å². The van der Waals surface area contributed by atoms with Crippen LogP contribution in [0.15, 0.2) is 30.3 Å². The Kier molecular flexibility index (Phi) is 2.46. The van der Waals surface area contributed by atoms with Gasteiger partial charge in [-0.05, 0) is 31.2 Å². The van der Waals surface area contributed by atoms with Crippen LogP contribution < -0.4 is 0 Å². The van der Waals surface area contributed by atoms with Gasteiger partial charge in [0.15, 0.2) is 0 Å². The third-order valence-electron chi connectivity index (χ3n) is 4.51. The summed E-state index contributed by atoms with van der Waals surface area (Å²) < 4.78 is 5.41. The van der Waals surface area contributed by atoms with Gasteiger partial charge in [-0.3, -0.25) is 4.79 Å². The van der Waals surface area contributed by atoms with Crippen LogP contribution in [-0.2, 0) is 9.53 Å². The minimum atomic E-state index is -0.280. The van der Waals surface area contributed by atoms with E-state index in [0.717, 1.165) is 5.56 Å². The van der Waals surface area contributed by atoms with Gasteiger partial charge in [-0.1, -0.05) is 43.2 Å². The number of hydrogen-bond acceptors (Lipinski definition) is 2. The molecule has 0 bridgehead atoms. The van der Waals surface area contributed by atoms with Crippen LogP contribution in [0.5, 0.6) is 0 Å². The van der Waals surface area contributed by atoms with Crippen molar-refractivity contribution >= 4 is 5.97 Å². The zero-order valence-electron chi connectivity index (χ0n) is 10.2. The first-order valence-electron chi connectivity index (χ1n) is 6.49. The molecule has 1 aromatic carbocycles. The van der Waals surface area contributed by atoms with E-state index in [2.05, 4.69) is 19.1 Å². The Hall–Kier alpha value is -1.31. The molecule has 2 nitrogen and oxygen atoms in total. The largest absolute Gasteiger partial charge is 0.456 e. The molecule has 1 heterocycles. The van der Waals surface area contributed by atoms with Crippen molar-refractivity contribution < 1.29 is 9.53 Å². The second-order valence-corrected chi connectivity index (χ2v) is 5.46. The molecule has 1 saturated heterocycles. The molecule has 0 radical (unpaired) electrons. The fraction of sp³-hybridized carbons (Fsp3) is 0.533. The van der Waals surface area contributed by atoms with Gasteiger partial charge in [0.1, 0.15) is 11.5 Å². The van der Waals surface area contributed by atoms with E-state index in [9.17, 15) is 4.79 Å². The van der Waals surface area contributed by atoms with Gasteiger partial charge in [0.25, 0.3) is 0 Å². The predicted molar refractivity (Wildman–Crippen MR) is 65.3 cm³/mol. The van der Waals surface area contributed by atoms with E-state index in [1.807, 2.05) is 18.2 Å². The van der Waals surface area contributed by atoms with Gasteiger partial charge in [-0.2, -0.15) is 0 Å². The molecule has 0 N–H and O–H groups in total. The molecule has 2 atom stereocenters. The second-order valence-electron chi connectivity index (χ2n) is 5.46. The maximum absolute atomic E-state index is 11.9. The standard InChI is InChI=1S/C15H18O2/c1-15(12-9-5-6-10-12)13(17-14(15)16)11-7-3-2-4-8-11/h2-4,7-8,12-13H,5-6,9-10H2,1H3/t13-,15?/m0/s1. The molecular weight excluding hydrogens is 212 g/mol. The minimum Gasteiger partial charge on any atom is -0.456 e. The summed E-state index contributed by atoms with van der Waals surface area (Å²) in [6.07, 6.45) is 4.84. The van der Waals surface area contributed by atoms with Gasteiger partial charge in [-0.15, -0.1) is 0 Å². The SMILES string of the molecule is CC1(C2CCCC2)C(=O)O[C@H]1c1ccccc1. The van der Waals surface area contributed by atoms with E-state index in [1.165, 1.54) is 25.7 Å². The summed E-state index contributed by atoms with van der Waals surface area (Å²) in [6, 6.07) is 10.1. The van der Waals surface area contributed by atoms with Crippen molar-refractivity contribution in [1.29, 1.82) is 0 Å². The van der Waals surface area contributed by atoms with Crippen molar-refractivity contribution in [3.8, 4) is 0 Å². The molecule has 3 rings (SSSR count). The van der Waals surface area contributed by atoms with E-state index in [0.29, 0.717) is 5.92 Å². The zero-order valence-corrected chi connectivity index (χ0v) is 10.2. The number of hydrogen-bond donors (Lipinski definition) is 0. The average Bonchev–Trinajstić information content (AvgIpc) is 2.90. The summed E-state index contributed by atoms with van der Waals surface area (Å²) in [5, 5.41) is 0. The van der Waals surface area contributed by atoms with E-state index < -0.39 is 0 Å². The smallest absolute Gasteiger partial charge is 0.316 e. The van der Waals surface area contributed by atoms with E-state index >= 15 is 0 Å². The third-order valence-corrected chi connectivity index (χ3v) is 4.51. The molecule has 2 heteroatoms. The second kappa shape index (κ2) is 3.86. The molecule has 1 aliphatic heterocycles. The Balaban J connectivity index is 1.89. The summed E-state index contributed by atoms with van der Waals surface area (Å²) in [4.78, 5) is 11.9. The Bertz CT molecular complexity index is 420. The van der Waals surface area contributed by atoms with Crippen LogP contribution in [0.2, 0.25) is 0 Å². The quantitative estimate of drug-likeness (QED) is 0.727. The maximum Gasteiger partial charge on any atom is 0.316 e. The van der Waals surface area contributed by atoms with E-state index in [4.69, 9.17) is 4.74 Å². The van der Waals surface area contributed by atoms with Gasteiger partial charge >= 0.3 is 5.97 Å². The normalized spacial score (nSPS) is 33.2. The number of carbonyl (C=O) groups excluding carboxylic acids is 1. The third kappa shape index (κ3) is 1.50. The van der Waals surface area contributed by atoms with Crippen molar-refractivity contribution in [2.45, 2.75) is 38.7 Å². The van der Waals surface area contributed by atoms with Gasteiger partial charge in [0.2, 0.25) is 0 Å². The van der Waals surface area contributed by atoms with Crippen LogP contribution in [0.3, 0.4) is 0 Å². The lowest BCUT2D eigenvalue weighted by atomic mass is 9.66. The molecule has 2 fully saturated rings. The van der Waals surface area contributed by atoms with Gasteiger partial charge in [0, 0.05) is 0 Å². The van der Waals surface area contributed by atoms with Crippen molar-refractivity contribution in [3.05, 3.63) is 35.9 Å². The minimum absolute atomic E-state index is 0.00162. The predicted octanol–water partition coefficient (Wildman–Crippen LogP) is 3.48. The molecule has 17 heavy (non-hydrogen) atoms. The van der Waals surface area contributed by atoms with Crippen molar-refractivity contribution in [2.24, 2.45) is 11.3 Å². The summed E-state index contributed by atoms with van der Waals surface area (Å²) in [6.45, 7) is 2.09. The number of cyclic esters (lactones) is 1. The van der Waals surface area contributed by atoms with Gasteiger partial charge < -0.3 is 4.74 Å². The first kappa shape index (κ1) is 10.8. The summed E-state index contributed by atoms with van der Waals surface area (Å²) in [5.74, 6) is 0.507. The fourth-order valence-electron chi connectivity index (χ4n) is 3.35. The Labute approximate surface area is 102 Å². The molecular formula is C15H18O2. The van der Waals surface area contributed by atoms with Gasteiger partial charge in [0.05, 0.1) is 0 Å². The summed E-state index contributed by atoms with van der Waals surface area (Å²) in [5.41, 5.74) is 0.860. The van der Waals surface area contributed by atoms with Crippen molar-refractivity contribution in [2.75, 3.05) is 0 Å². The van der Waals surface area contributed by atoms with Crippen molar-refractivity contribution in [3.63, 3.8) is 0 Å². The molecule has 0 amide bonds.